The molecular formula is C46H80FN3O12. The SMILES string of the molecule is CCCNC[C@]1(O)[C@H](C)O[C@@H](O[C@H]2[C@H](C)[C@@H](O[C@@H]3O[C@H](C)C[C@H](NC)[C@H]3Oc3ccccc3F)[C@](C)(O)C[C@@H](C)CN[C@H](C)[C@@H](O)[C@](C)(O)[C@@H](CC)OC(=O)[C@@H]2C)C[C@@]1(C)OC. The Bertz CT molecular complexity index is 1560. The molecule has 0 aliphatic carbocycles. The minimum Gasteiger partial charge on any atom is -0.480 e. The molecule has 4 rings (SSSR count). The first kappa shape index (κ1) is 52.6. The molecule has 1 aromatic carbocycles. The Morgan fingerprint density at radius 1 is 0.968 bits per heavy atom. The highest BCUT2D eigenvalue weighted by atomic mass is 19.1. The van der Waals surface area contributed by atoms with Crippen molar-refractivity contribution in [2.45, 2.75) is 198 Å². The lowest BCUT2D eigenvalue weighted by Gasteiger charge is -2.53. The van der Waals surface area contributed by atoms with Gasteiger partial charge in [0.15, 0.2) is 30.3 Å². The summed E-state index contributed by atoms with van der Waals surface area (Å²) < 4.78 is 60.5. The van der Waals surface area contributed by atoms with Crippen molar-refractivity contribution in [3.63, 3.8) is 0 Å². The largest absolute Gasteiger partial charge is 0.480 e. The van der Waals surface area contributed by atoms with E-state index in [9.17, 15) is 25.2 Å². The van der Waals surface area contributed by atoms with Crippen LogP contribution in [0.15, 0.2) is 24.3 Å². The Morgan fingerprint density at radius 2 is 1.65 bits per heavy atom. The van der Waals surface area contributed by atoms with Crippen LogP contribution in [0, 0.1) is 23.6 Å². The van der Waals surface area contributed by atoms with Gasteiger partial charge < -0.3 is 69.5 Å². The number of aliphatic hydroxyl groups excluding tert-OH is 1. The van der Waals surface area contributed by atoms with Gasteiger partial charge in [-0.2, -0.15) is 0 Å². The number of halogens is 1. The minimum atomic E-state index is -1.84. The van der Waals surface area contributed by atoms with Gasteiger partial charge in [-0.05, 0) is 112 Å². The van der Waals surface area contributed by atoms with Crippen LogP contribution in [0.5, 0.6) is 5.75 Å². The molecule has 3 aliphatic rings. The van der Waals surface area contributed by atoms with Crippen molar-refractivity contribution in [3.05, 3.63) is 30.1 Å². The fraction of sp³-hybridized carbons (Fsp3) is 0.848. The quantitative estimate of drug-likeness (QED) is 0.111. The summed E-state index contributed by atoms with van der Waals surface area (Å²) in [5, 5.41) is 58.0. The molecule has 15 nitrogen and oxygen atoms in total. The number of cyclic esters (lactones) is 1. The average Bonchev–Trinajstić information content (AvgIpc) is 3.22. The molecule has 0 aromatic heterocycles. The van der Waals surface area contributed by atoms with E-state index in [1.54, 1.807) is 60.7 Å². The summed E-state index contributed by atoms with van der Waals surface area (Å²) in [5.74, 6) is -3.39. The van der Waals surface area contributed by atoms with Gasteiger partial charge >= 0.3 is 5.97 Å². The van der Waals surface area contributed by atoms with Crippen molar-refractivity contribution in [1.29, 1.82) is 0 Å². The zero-order chi connectivity index (χ0) is 46.4. The fourth-order valence-electron chi connectivity index (χ4n) is 9.81. The number of rotatable bonds is 13. The molecule has 1 aromatic rings. The first-order valence-corrected chi connectivity index (χ1v) is 22.7. The fourth-order valence-corrected chi connectivity index (χ4v) is 9.81. The Hall–Kier alpha value is -2.06. The Kier molecular flexibility index (Phi) is 18.6. The third-order valence-electron chi connectivity index (χ3n) is 13.8. The van der Waals surface area contributed by atoms with Crippen molar-refractivity contribution >= 4 is 5.97 Å². The van der Waals surface area contributed by atoms with Crippen molar-refractivity contribution in [3.8, 4) is 5.75 Å². The van der Waals surface area contributed by atoms with Gasteiger partial charge in [0.2, 0.25) is 0 Å². The Balaban J connectivity index is 1.85. The van der Waals surface area contributed by atoms with Crippen LogP contribution in [0.25, 0.3) is 0 Å². The summed E-state index contributed by atoms with van der Waals surface area (Å²) in [6.07, 6.45) is -7.03. The van der Waals surface area contributed by atoms with Crippen molar-refractivity contribution in [1.82, 2.24) is 16.0 Å². The maximum absolute atomic E-state index is 15.1. The number of carbonyl (C=O) groups is 1. The molecule has 16 heteroatoms. The number of ether oxygens (including phenoxy) is 7. The number of nitrogens with one attached hydrogen (secondary N) is 3. The highest BCUT2D eigenvalue weighted by Crippen LogP contribution is 2.43. The van der Waals surface area contributed by atoms with Crippen LogP contribution < -0.4 is 20.7 Å². The maximum atomic E-state index is 15.1. The van der Waals surface area contributed by atoms with E-state index in [4.69, 9.17) is 33.2 Å². The van der Waals surface area contributed by atoms with Crippen LogP contribution in [0.3, 0.4) is 0 Å². The number of carbonyl (C=O) groups excluding carboxylic acids is 1. The molecular weight excluding hydrogens is 806 g/mol. The smallest absolute Gasteiger partial charge is 0.311 e. The average molecular weight is 886 g/mol. The predicted octanol–water partition coefficient (Wildman–Crippen LogP) is 3.81. The molecule has 3 aliphatic heterocycles. The van der Waals surface area contributed by atoms with Crippen LogP contribution in [-0.4, -0.2) is 150 Å². The first-order chi connectivity index (χ1) is 29.0. The van der Waals surface area contributed by atoms with Gasteiger partial charge in [-0.25, -0.2) is 4.39 Å². The molecule has 0 radical (unpaired) electrons. The lowest BCUT2D eigenvalue weighted by atomic mass is 9.75. The number of aliphatic hydroxyl groups is 4. The van der Waals surface area contributed by atoms with E-state index in [1.807, 2.05) is 27.7 Å². The van der Waals surface area contributed by atoms with Crippen LogP contribution >= 0.6 is 0 Å². The first-order valence-electron chi connectivity index (χ1n) is 22.7. The molecule has 0 saturated carbocycles. The Labute approximate surface area is 369 Å². The number of likely N-dealkylation sites (N-methyl/N-ethyl adjacent to an activating group) is 1. The van der Waals surface area contributed by atoms with Gasteiger partial charge in [-0.15, -0.1) is 0 Å². The van der Waals surface area contributed by atoms with Crippen LogP contribution in [0.4, 0.5) is 4.39 Å². The van der Waals surface area contributed by atoms with E-state index in [2.05, 4.69) is 16.0 Å². The summed E-state index contributed by atoms with van der Waals surface area (Å²) in [5.41, 5.74) is -6.11. The topological polar surface area (TPSA) is 199 Å². The molecule has 7 N–H and O–H groups in total. The lowest BCUT2D eigenvalue weighted by Crippen LogP contribution is -2.70. The number of methoxy groups -OCH3 is 1. The summed E-state index contributed by atoms with van der Waals surface area (Å²) in [4.78, 5) is 14.5. The van der Waals surface area contributed by atoms with Gasteiger partial charge in [0.05, 0.1) is 42.0 Å². The van der Waals surface area contributed by atoms with Gasteiger partial charge in [0.1, 0.15) is 29.0 Å². The van der Waals surface area contributed by atoms with E-state index < -0.39 is 101 Å². The summed E-state index contributed by atoms with van der Waals surface area (Å²) >= 11 is 0. The Morgan fingerprint density at radius 3 is 2.26 bits per heavy atom. The third kappa shape index (κ3) is 11.8. The summed E-state index contributed by atoms with van der Waals surface area (Å²) in [7, 11) is 3.31. The second kappa shape index (κ2) is 22.0. The zero-order valence-corrected chi connectivity index (χ0v) is 39.5. The molecule has 62 heavy (non-hydrogen) atoms. The van der Waals surface area contributed by atoms with Crippen molar-refractivity contribution in [2.24, 2.45) is 17.8 Å². The predicted molar refractivity (Wildman–Crippen MR) is 232 cm³/mol. The molecule has 3 fully saturated rings. The van der Waals surface area contributed by atoms with Crippen LogP contribution in [-0.2, 0) is 33.2 Å². The van der Waals surface area contributed by atoms with Gasteiger partial charge in [0.25, 0.3) is 0 Å². The molecule has 0 spiro atoms. The number of benzene rings is 1. The number of esters is 1. The van der Waals surface area contributed by atoms with E-state index in [0.29, 0.717) is 19.5 Å². The van der Waals surface area contributed by atoms with Crippen LogP contribution in [0.1, 0.15) is 108 Å². The second-order valence-corrected chi connectivity index (χ2v) is 19.1. The normalized spacial score (nSPS) is 44.2. The molecule has 18 atom stereocenters. The standard InChI is InChI=1S/C46H80FN3O12/c1-14-20-49-25-46(55)31(8)58-36(23-44(46,10)56-13)61-37-28(5)40(62-42-38(33(48-12)21-27(4)57-42)59-34-19-17-16-18-32(34)47)43(9,53)22-26(3)24-50-30(7)39(51)45(11,54)35(15-2)60-41(52)29(37)6/h16-19,26-31,33,35-40,42,48-51,53-55H,14-15,20-25H2,1-13H3/t26-,27-,28+,29-,30-,31+,33+,35-,36+,37+,38-,39-,40-,42+,43-,44-,45-,46+/m1/s1. The van der Waals surface area contributed by atoms with Gasteiger partial charge in [-0.1, -0.05) is 39.8 Å². The highest BCUT2D eigenvalue weighted by Gasteiger charge is 2.58. The molecule has 3 heterocycles. The second-order valence-electron chi connectivity index (χ2n) is 19.1. The number of hydrogen-bond acceptors (Lipinski definition) is 15. The molecule has 0 bridgehead atoms. The van der Waals surface area contributed by atoms with E-state index in [-0.39, 0.29) is 49.6 Å². The maximum Gasteiger partial charge on any atom is 0.311 e. The highest BCUT2D eigenvalue weighted by molar-refractivity contribution is 5.73. The van der Waals surface area contributed by atoms with Crippen molar-refractivity contribution < 1.29 is 62.8 Å². The van der Waals surface area contributed by atoms with Crippen molar-refractivity contribution in [2.75, 3.05) is 33.8 Å². The molecule has 3 saturated heterocycles. The summed E-state index contributed by atoms with van der Waals surface area (Å²) in [6.45, 7) is 20.7. The molecule has 0 unspecified atom stereocenters. The molecule has 0 amide bonds. The van der Waals surface area contributed by atoms with E-state index >= 15 is 4.39 Å². The third-order valence-corrected chi connectivity index (χ3v) is 13.8. The van der Waals surface area contributed by atoms with Gasteiger partial charge in [0, 0.05) is 32.0 Å². The van der Waals surface area contributed by atoms with E-state index in [0.717, 1.165) is 6.42 Å². The number of para-hydroxylation sites is 1. The van der Waals surface area contributed by atoms with E-state index in [1.165, 1.54) is 26.2 Å². The summed E-state index contributed by atoms with van der Waals surface area (Å²) in [6, 6.07) is 5.11. The molecule has 358 valence electrons. The zero-order valence-electron chi connectivity index (χ0n) is 39.5. The lowest BCUT2D eigenvalue weighted by molar-refractivity contribution is -0.335. The minimum absolute atomic E-state index is 0.0101. The number of hydrogen-bond donors (Lipinski definition) is 7. The monoisotopic (exact) mass is 886 g/mol. The van der Waals surface area contributed by atoms with Gasteiger partial charge in [-0.3, -0.25) is 4.79 Å². The van der Waals surface area contributed by atoms with Crippen LogP contribution in [0.2, 0.25) is 0 Å².